The zero-order valence-electron chi connectivity index (χ0n) is 44.8. The predicted molar refractivity (Wildman–Crippen MR) is 314 cm³/mol. The molecule has 0 radical (unpaired) electrons. The van der Waals surface area contributed by atoms with E-state index in [1.165, 1.54) is 38.9 Å². The van der Waals surface area contributed by atoms with E-state index in [1.54, 1.807) is 0 Å². The smallest absolute Gasteiger partial charge is 0.149 e. The SMILES string of the molecule is CC(C)c1cc(-c2ccc(-c3ccc(-c4ccccc4)cc3)cc2)cc(C(C)C)c1-n1c(-c2cc(C(C)(C)C)cc(C(C)(C)C)c2O)nc2c(-c3coc4ccc(-c5cc(-c6ccccc6)ccn5)cc34)cccc21. The number of pyridine rings is 1. The van der Waals surface area contributed by atoms with Crippen molar-refractivity contribution in [3.05, 3.63) is 217 Å². The molecular formula is C70H65N3O2. The lowest BCUT2D eigenvalue weighted by atomic mass is 9.78. The number of hydrogen-bond acceptors (Lipinski definition) is 4. The molecular weight excluding hydrogens is 915 g/mol. The maximum absolute atomic E-state index is 12.7. The summed E-state index contributed by atoms with van der Waals surface area (Å²) < 4.78 is 8.74. The molecule has 3 aromatic heterocycles. The van der Waals surface area contributed by atoms with Crippen LogP contribution >= 0.6 is 0 Å². The third-order valence-electron chi connectivity index (χ3n) is 14.9. The minimum Gasteiger partial charge on any atom is -0.507 e. The van der Waals surface area contributed by atoms with E-state index in [0.29, 0.717) is 11.4 Å². The first-order chi connectivity index (χ1) is 36.0. The van der Waals surface area contributed by atoms with Crippen molar-refractivity contribution in [2.45, 2.75) is 91.9 Å². The van der Waals surface area contributed by atoms with Crippen LogP contribution in [0.15, 0.2) is 199 Å². The Bertz CT molecular complexity index is 3850. The Kier molecular flexibility index (Phi) is 12.5. The van der Waals surface area contributed by atoms with Gasteiger partial charge in [0.05, 0.1) is 34.2 Å². The van der Waals surface area contributed by atoms with Crippen molar-refractivity contribution in [1.29, 1.82) is 0 Å². The maximum atomic E-state index is 12.7. The Balaban J connectivity index is 1.11. The minimum atomic E-state index is -0.347. The molecule has 0 amide bonds. The summed E-state index contributed by atoms with van der Waals surface area (Å²) in [5, 5.41) is 13.7. The molecule has 3 heterocycles. The van der Waals surface area contributed by atoms with E-state index in [0.717, 1.165) is 77.9 Å². The molecule has 11 aromatic rings. The fraction of sp³-hybridized carbons (Fsp3) is 0.200. The summed E-state index contributed by atoms with van der Waals surface area (Å²) >= 11 is 0. The summed E-state index contributed by atoms with van der Waals surface area (Å²) in [5.74, 6) is 1.22. The summed E-state index contributed by atoms with van der Waals surface area (Å²) in [6.07, 6.45) is 3.75. The number of phenolic OH excluding ortho intramolecular Hbond substituents is 1. The minimum absolute atomic E-state index is 0.137. The van der Waals surface area contributed by atoms with Gasteiger partial charge >= 0.3 is 0 Å². The highest BCUT2D eigenvalue weighted by molar-refractivity contribution is 6.05. The first-order valence-corrected chi connectivity index (χ1v) is 26.4. The number of para-hydroxylation sites is 1. The number of aromatic nitrogens is 3. The van der Waals surface area contributed by atoms with Crippen molar-refractivity contribution in [1.82, 2.24) is 14.5 Å². The zero-order valence-corrected chi connectivity index (χ0v) is 44.8. The molecule has 1 N–H and O–H groups in total. The molecule has 75 heavy (non-hydrogen) atoms. The molecule has 372 valence electrons. The third-order valence-corrected chi connectivity index (χ3v) is 14.9. The summed E-state index contributed by atoms with van der Waals surface area (Å²) in [6.45, 7) is 22.4. The van der Waals surface area contributed by atoms with E-state index in [1.807, 2.05) is 24.6 Å². The van der Waals surface area contributed by atoms with Crippen LogP contribution in [0.2, 0.25) is 0 Å². The van der Waals surface area contributed by atoms with Crippen molar-refractivity contribution >= 4 is 22.0 Å². The lowest BCUT2D eigenvalue weighted by Gasteiger charge is -2.28. The molecule has 0 aliphatic carbocycles. The summed E-state index contributed by atoms with van der Waals surface area (Å²) in [7, 11) is 0. The molecule has 0 saturated heterocycles. The molecule has 0 saturated carbocycles. The van der Waals surface area contributed by atoms with Crippen molar-refractivity contribution in [2.75, 3.05) is 0 Å². The molecule has 0 aliphatic rings. The Hall–Kier alpha value is -8.28. The average molecular weight is 980 g/mol. The van der Waals surface area contributed by atoms with Crippen LogP contribution in [-0.4, -0.2) is 19.6 Å². The quantitative estimate of drug-likeness (QED) is 0.148. The maximum Gasteiger partial charge on any atom is 0.149 e. The van der Waals surface area contributed by atoms with Gasteiger partial charge in [-0.25, -0.2) is 4.98 Å². The molecule has 5 nitrogen and oxygen atoms in total. The summed E-state index contributed by atoms with van der Waals surface area (Å²) in [5.41, 5.74) is 21.4. The van der Waals surface area contributed by atoms with E-state index in [-0.39, 0.29) is 28.4 Å². The Morgan fingerprint density at radius 3 is 1.59 bits per heavy atom. The lowest BCUT2D eigenvalue weighted by Crippen LogP contribution is -2.17. The number of hydrogen-bond donors (Lipinski definition) is 1. The van der Waals surface area contributed by atoms with Crippen LogP contribution in [-0.2, 0) is 10.8 Å². The van der Waals surface area contributed by atoms with Gasteiger partial charge in [-0.1, -0.05) is 197 Å². The molecule has 0 fully saturated rings. The van der Waals surface area contributed by atoms with Crippen LogP contribution in [0.4, 0.5) is 0 Å². The van der Waals surface area contributed by atoms with Crippen LogP contribution in [0.3, 0.4) is 0 Å². The first-order valence-electron chi connectivity index (χ1n) is 26.4. The van der Waals surface area contributed by atoms with Gasteiger partial charge < -0.3 is 9.52 Å². The van der Waals surface area contributed by atoms with Gasteiger partial charge in [0, 0.05) is 33.8 Å². The van der Waals surface area contributed by atoms with Gasteiger partial charge in [0.2, 0.25) is 0 Å². The highest BCUT2D eigenvalue weighted by atomic mass is 16.3. The number of phenols is 1. The number of aromatic hydroxyl groups is 1. The normalized spacial score (nSPS) is 12.2. The second kappa shape index (κ2) is 19.2. The van der Waals surface area contributed by atoms with Crippen LogP contribution in [0, 0.1) is 0 Å². The molecule has 0 atom stereocenters. The second-order valence-electron chi connectivity index (χ2n) is 22.9. The van der Waals surface area contributed by atoms with Crippen LogP contribution < -0.4 is 0 Å². The third kappa shape index (κ3) is 9.26. The molecule has 0 aliphatic heterocycles. The summed E-state index contributed by atoms with van der Waals surface area (Å²) in [6, 6.07) is 64.9. The molecule has 0 unspecified atom stereocenters. The van der Waals surface area contributed by atoms with Gasteiger partial charge in [-0.15, -0.1) is 0 Å². The van der Waals surface area contributed by atoms with Crippen LogP contribution in [0.25, 0.3) is 106 Å². The van der Waals surface area contributed by atoms with Gasteiger partial charge in [0.1, 0.15) is 17.2 Å². The van der Waals surface area contributed by atoms with E-state index < -0.39 is 0 Å². The number of fused-ring (bicyclic) bond motifs is 2. The topological polar surface area (TPSA) is 64.1 Å². The van der Waals surface area contributed by atoms with Crippen LogP contribution in [0.1, 0.15) is 103 Å². The number of benzene rings is 8. The molecule has 8 aromatic carbocycles. The average Bonchev–Trinajstić information content (AvgIpc) is 4.02. The number of furan rings is 1. The van der Waals surface area contributed by atoms with E-state index in [4.69, 9.17) is 14.4 Å². The fourth-order valence-corrected chi connectivity index (χ4v) is 10.7. The van der Waals surface area contributed by atoms with Gasteiger partial charge in [-0.2, -0.15) is 0 Å². The van der Waals surface area contributed by atoms with Gasteiger partial charge in [-0.3, -0.25) is 9.55 Å². The van der Waals surface area contributed by atoms with E-state index in [2.05, 4.69) is 244 Å². The van der Waals surface area contributed by atoms with E-state index in [9.17, 15) is 5.11 Å². The van der Waals surface area contributed by atoms with Crippen molar-refractivity contribution in [2.24, 2.45) is 0 Å². The Morgan fingerprint density at radius 1 is 0.480 bits per heavy atom. The predicted octanol–water partition coefficient (Wildman–Crippen LogP) is 19.4. The highest BCUT2D eigenvalue weighted by Crippen LogP contribution is 2.48. The van der Waals surface area contributed by atoms with E-state index >= 15 is 0 Å². The number of imidazole rings is 1. The molecule has 5 heteroatoms. The standard InChI is InChI=1S/C70H65N3O2/c1-43(2)56-37-53(50-30-28-49(29-31-50)48-26-24-47(25-27-48)45-18-13-11-14-19-45)38-57(44(3)4)66(56)73-63-23-17-22-55(65(63)72-68(73)59-40-54(69(5,6)7)41-61(67(59)74)70(8,9)10)60-42-75-64-33-32-52(36-58(60)64)62-39-51(34-35-71-62)46-20-15-12-16-21-46/h11-44,74H,1-10H3. The van der Waals surface area contributed by atoms with Gasteiger partial charge in [-0.05, 0) is 138 Å². The summed E-state index contributed by atoms with van der Waals surface area (Å²) in [4.78, 5) is 10.6. The first kappa shape index (κ1) is 49.0. The second-order valence-corrected chi connectivity index (χ2v) is 22.9. The molecule has 0 bridgehead atoms. The van der Waals surface area contributed by atoms with Gasteiger partial charge in [0.25, 0.3) is 0 Å². The monoisotopic (exact) mass is 980 g/mol. The Labute approximate surface area is 442 Å². The zero-order chi connectivity index (χ0) is 52.3. The molecule has 11 rings (SSSR count). The highest BCUT2D eigenvalue weighted by Gasteiger charge is 2.31. The number of nitrogens with zero attached hydrogens (tertiary/aromatic N) is 3. The van der Waals surface area contributed by atoms with Gasteiger partial charge in [0.15, 0.2) is 0 Å². The largest absolute Gasteiger partial charge is 0.507 e. The fourth-order valence-electron chi connectivity index (χ4n) is 10.7. The van der Waals surface area contributed by atoms with Crippen LogP contribution in [0.5, 0.6) is 5.75 Å². The molecule has 0 spiro atoms. The Morgan fingerprint density at radius 2 is 1.03 bits per heavy atom. The van der Waals surface area contributed by atoms with Crippen molar-refractivity contribution < 1.29 is 9.52 Å². The van der Waals surface area contributed by atoms with Crippen molar-refractivity contribution in [3.63, 3.8) is 0 Å². The lowest BCUT2D eigenvalue weighted by molar-refractivity contribution is 0.446. The van der Waals surface area contributed by atoms with Crippen molar-refractivity contribution in [3.8, 4) is 89.7 Å². The number of rotatable bonds is 10.